The summed E-state index contributed by atoms with van der Waals surface area (Å²) < 4.78 is 6.56. The SMILES string of the molecule is CCOC(=O)C(C)n1cnc2c1CC(=O)N(C)C(=O)N2C. The van der Waals surface area contributed by atoms with Gasteiger partial charge in [0.05, 0.1) is 25.0 Å². The molecule has 1 aromatic rings. The molecule has 1 aromatic heterocycles. The Bertz CT molecular complexity index is 595. The molecule has 21 heavy (non-hydrogen) atoms. The fourth-order valence-corrected chi connectivity index (χ4v) is 2.22. The molecule has 1 unspecified atom stereocenters. The maximum absolute atomic E-state index is 12.0. The van der Waals surface area contributed by atoms with Crippen molar-refractivity contribution in [3.8, 4) is 0 Å². The molecule has 2 heterocycles. The molecule has 1 atom stereocenters. The number of fused-ring (bicyclic) bond motifs is 1. The van der Waals surface area contributed by atoms with Gasteiger partial charge in [-0.15, -0.1) is 0 Å². The number of imide groups is 1. The van der Waals surface area contributed by atoms with E-state index in [-0.39, 0.29) is 18.9 Å². The average Bonchev–Trinajstić information content (AvgIpc) is 2.84. The molecule has 114 valence electrons. The van der Waals surface area contributed by atoms with E-state index in [1.165, 1.54) is 18.3 Å². The standard InChI is InChI=1S/C13H18N4O4/c1-5-21-12(19)8(2)17-7-14-11-9(17)6-10(18)15(3)13(20)16(11)4/h7-8H,5-6H2,1-4H3. The third-order valence-electron chi connectivity index (χ3n) is 3.50. The summed E-state index contributed by atoms with van der Waals surface area (Å²) in [6, 6.07) is -1.06. The number of aromatic nitrogens is 2. The second-order valence-electron chi connectivity index (χ2n) is 4.82. The number of hydrogen-bond donors (Lipinski definition) is 0. The van der Waals surface area contributed by atoms with Crippen molar-refractivity contribution >= 4 is 23.7 Å². The van der Waals surface area contributed by atoms with Gasteiger partial charge in [-0.2, -0.15) is 0 Å². The number of carbonyl (C=O) groups is 3. The molecule has 0 saturated carbocycles. The van der Waals surface area contributed by atoms with E-state index >= 15 is 0 Å². The van der Waals surface area contributed by atoms with Crippen LogP contribution in [0.25, 0.3) is 0 Å². The topological polar surface area (TPSA) is 84.7 Å². The maximum Gasteiger partial charge on any atom is 0.331 e. The summed E-state index contributed by atoms with van der Waals surface area (Å²) in [5.41, 5.74) is 0.528. The van der Waals surface area contributed by atoms with Gasteiger partial charge in [0, 0.05) is 14.1 Å². The molecule has 0 aliphatic carbocycles. The number of carbonyl (C=O) groups excluding carboxylic acids is 3. The number of amides is 3. The third-order valence-corrected chi connectivity index (χ3v) is 3.50. The summed E-state index contributed by atoms with van der Waals surface area (Å²) in [6.45, 7) is 3.67. The van der Waals surface area contributed by atoms with Gasteiger partial charge in [-0.25, -0.2) is 14.6 Å². The molecule has 8 nitrogen and oxygen atoms in total. The van der Waals surface area contributed by atoms with Gasteiger partial charge >= 0.3 is 12.0 Å². The van der Waals surface area contributed by atoms with Gasteiger partial charge in [-0.1, -0.05) is 0 Å². The lowest BCUT2D eigenvalue weighted by atomic mass is 10.2. The number of rotatable bonds is 3. The summed E-state index contributed by atoms with van der Waals surface area (Å²) in [5, 5.41) is 0. The Balaban J connectivity index is 2.42. The highest BCUT2D eigenvalue weighted by molar-refractivity contribution is 6.05. The summed E-state index contributed by atoms with van der Waals surface area (Å²) in [6.07, 6.45) is 1.46. The molecule has 0 bridgehead atoms. The van der Waals surface area contributed by atoms with Crippen LogP contribution in [-0.4, -0.2) is 53.1 Å². The Morgan fingerprint density at radius 3 is 2.67 bits per heavy atom. The Labute approximate surface area is 122 Å². The number of anilines is 1. The molecule has 8 heteroatoms. The van der Waals surface area contributed by atoms with Crippen LogP contribution in [0.2, 0.25) is 0 Å². The summed E-state index contributed by atoms with van der Waals surface area (Å²) in [7, 11) is 2.97. The molecule has 3 amide bonds. The van der Waals surface area contributed by atoms with Gasteiger partial charge in [0.25, 0.3) is 0 Å². The van der Waals surface area contributed by atoms with E-state index in [2.05, 4.69) is 4.98 Å². The first kappa shape index (κ1) is 15.0. The first-order chi connectivity index (χ1) is 9.88. The Hall–Kier alpha value is -2.38. The maximum atomic E-state index is 12.0. The van der Waals surface area contributed by atoms with E-state index in [1.807, 2.05) is 0 Å². The van der Waals surface area contributed by atoms with Gasteiger partial charge < -0.3 is 9.30 Å². The quantitative estimate of drug-likeness (QED) is 0.761. The Morgan fingerprint density at radius 1 is 1.38 bits per heavy atom. The lowest BCUT2D eigenvalue weighted by Crippen LogP contribution is -2.40. The van der Waals surface area contributed by atoms with Crippen molar-refractivity contribution in [2.24, 2.45) is 0 Å². The number of nitrogens with zero attached hydrogens (tertiary/aromatic N) is 4. The van der Waals surface area contributed by atoms with E-state index in [0.29, 0.717) is 11.5 Å². The molecular formula is C13H18N4O4. The van der Waals surface area contributed by atoms with Crippen molar-refractivity contribution in [1.82, 2.24) is 14.5 Å². The van der Waals surface area contributed by atoms with Gasteiger partial charge in [0.15, 0.2) is 5.82 Å². The number of urea groups is 1. The van der Waals surface area contributed by atoms with E-state index in [9.17, 15) is 14.4 Å². The largest absolute Gasteiger partial charge is 0.464 e. The van der Waals surface area contributed by atoms with Crippen LogP contribution >= 0.6 is 0 Å². The van der Waals surface area contributed by atoms with Crippen molar-refractivity contribution < 1.29 is 19.1 Å². The lowest BCUT2D eigenvalue weighted by molar-refractivity contribution is -0.146. The molecule has 1 aliphatic heterocycles. The average molecular weight is 294 g/mol. The van der Waals surface area contributed by atoms with Gasteiger partial charge in [0.1, 0.15) is 6.04 Å². The summed E-state index contributed by atoms with van der Waals surface area (Å²) in [4.78, 5) is 42.4. The van der Waals surface area contributed by atoms with Crippen molar-refractivity contribution in [3.05, 3.63) is 12.0 Å². The zero-order valence-corrected chi connectivity index (χ0v) is 12.5. The van der Waals surface area contributed by atoms with Gasteiger partial charge in [-0.05, 0) is 13.8 Å². The predicted octanol–water partition coefficient (Wildman–Crippen LogP) is 0.578. The van der Waals surface area contributed by atoms with Crippen LogP contribution in [0, 0.1) is 0 Å². The molecule has 0 aromatic carbocycles. The van der Waals surface area contributed by atoms with E-state index in [0.717, 1.165) is 4.90 Å². The van der Waals surface area contributed by atoms with E-state index < -0.39 is 18.0 Å². The van der Waals surface area contributed by atoms with Crippen LogP contribution < -0.4 is 4.90 Å². The number of likely N-dealkylation sites (N-methyl/N-ethyl adjacent to an activating group) is 1. The summed E-state index contributed by atoms with van der Waals surface area (Å²) >= 11 is 0. The smallest absolute Gasteiger partial charge is 0.331 e. The molecule has 0 spiro atoms. The summed E-state index contributed by atoms with van der Waals surface area (Å²) in [5.74, 6) is -0.367. The highest BCUT2D eigenvalue weighted by Crippen LogP contribution is 2.26. The zero-order valence-electron chi connectivity index (χ0n) is 12.5. The molecule has 0 N–H and O–H groups in total. The third kappa shape index (κ3) is 2.48. The zero-order chi connectivity index (χ0) is 15.7. The predicted molar refractivity (Wildman–Crippen MR) is 73.8 cm³/mol. The Morgan fingerprint density at radius 2 is 2.05 bits per heavy atom. The second kappa shape index (κ2) is 5.55. The van der Waals surface area contributed by atoms with Crippen LogP contribution in [0.3, 0.4) is 0 Å². The van der Waals surface area contributed by atoms with Crippen molar-refractivity contribution in [1.29, 1.82) is 0 Å². The highest BCUT2D eigenvalue weighted by atomic mass is 16.5. The van der Waals surface area contributed by atoms with Crippen molar-refractivity contribution in [3.63, 3.8) is 0 Å². The molecule has 0 fully saturated rings. The number of ether oxygens (including phenoxy) is 1. The lowest BCUT2D eigenvalue weighted by Gasteiger charge is -2.18. The Kier molecular flexibility index (Phi) is 3.97. The monoisotopic (exact) mass is 294 g/mol. The number of hydrogen-bond acceptors (Lipinski definition) is 5. The minimum atomic E-state index is -0.610. The van der Waals surface area contributed by atoms with Crippen LogP contribution in [0.15, 0.2) is 6.33 Å². The normalized spacial score (nSPS) is 16.6. The van der Waals surface area contributed by atoms with Crippen molar-refractivity contribution in [2.45, 2.75) is 26.3 Å². The molecule has 0 radical (unpaired) electrons. The van der Waals surface area contributed by atoms with Crippen LogP contribution in [0.1, 0.15) is 25.6 Å². The molecule has 0 saturated heterocycles. The first-order valence-electron chi connectivity index (χ1n) is 6.65. The minimum absolute atomic E-state index is 0.00561. The van der Waals surface area contributed by atoms with Gasteiger partial charge in [0.2, 0.25) is 5.91 Å². The second-order valence-corrected chi connectivity index (χ2v) is 4.82. The molecule has 1 aliphatic rings. The van der Waals surface area contributed by atoms with Crippen LogP contribution in [0.4, 0.5) is 10.6 Å². The highest BCUT2D eigenvalue weighted by Gasteiger charge is 2.33. The first-order valence-corrected chi connectivity index (χ1v) is 6.65. The van der Waals surface area contributed by atoms with Crippen LogP contribution in [-0.2, 0) is 20.7 Å². The number of esters is 1. The number of imidazole rings is 1. The fourth-order valence-electron chi connectivity index (χ4n) is 2.22. The molecule has 2 rings (SSSR count). The van der Waals surface area contributed by atoms with E-state index in [4.69, 9.17) is 4.74 Å². The fraction of sp³-hybridized carbons (Fsp3) is 0.538. The van der Waals surface area contributed by atoms with Crippen LogP contribution in [0.5, 0.6) is 0 Å². The van der Waals surface area contributed by atoms with Gasteiger partial charge in [-0.3, -0.25) is 14.6 Å². The minimum Gasteiger partial charge on any atom is -0.464 e. The van der Waals surface area contributed by atoms with Crippen molar-refractivity contribution in [2.75, 3.05) is 25.6 Å². The van der Waals surface area contributed by atoms with E-state index in [1.54, 1.807) is 25.5 Å². The molecular weight excluding hydrogens is 276 g/mol.